The number of pyridine rings is 1. The van der Waals surface area contributed by atoms with Crippen LogP contribution in [0.25, 0.3) is 22.2 Å². The molecular formula is C27H32N6O3. The third-order valence-electron chi connectivity index (χ3n) is 7.50. The van der Waals surface area contributed by atoms with Crippen molar-refractivity contribution in [2.45, 2.75) is 57.2 Å². The van der Waals surface area contributed by atoms with Gasteiger partial charge in [0, 0.05) is 48.9 Å². The number of piperidine rings is 1. The third kappa shape index (κ3) is 4.55. The number of carbonyl (C=O) groups is 1. The molecule has 0 bridgehead atoms. The minimum Gasteiger partial charge on any atom is -0.379 e. The van der Waals surface area contributed by atoms with E-state index in [4.69, 9.17) is 9.72 Å². The fraction of sp³-hybridized carbons (Fsp3) is 0.481. The summed E-state index contributed by atoms with van der Waals surface area (Å²) >= 11 is 0. The average molecular weight is 489 g/mol. The van der Waals surface area contributed by atoms with Crippen LogP contribution in [-0.2, 0) is 4.74 Å². The Morgan fingerprint density at radius 3 is 2.58 bits per heavy atom. The average Bonchev–Trinajstić information content (AvgIpc) is 3.54. The van der Waals surface area contributed by atoms with Crippen LogP contribution in [0.1, 0.15) is 43.7 Å². The van der Waals surface area contributed by atoms with Crippen LogP contribution >= 0.6 is 0 Å². The summed E-state index contributed by atoms with van der Waals surface area (Å²) < 4.78 is 7.44. The summed E-state index contributed by atoms with van der Waals surface area (Å²) in [7, 11) is 0. The Morgan fingerprint density at radius 2 is 1.86 bits per heavy atom. The second-order valence-corrected chi connectivity index (χ2v) is 10.2. The number of urea groups is 1. The Labute approximate surface area is 209 Å². The number of aromatic nitrogens is 3. The van der Waals surface area contributed by atoms with E-state index < -0.39 is 0 Å². The smallest absolute Gasteiger partial charge is 0.317 e. The van der Waals surface area contributed by atoms with Crippen molar-refractivity contribution in [1.82, 2.24) is 24.8 Å². The van der Waals surface area contributed by atoms with Crippen molar-refractivity contribution >= 4 is 23.0 Å². The van der Waals surface area contributed by atoms with Crippen LogP contribution in [0.15, 0.2) is 41.3 Å². The third-order valence-corrected chi connectivity index (χ3v) is 7.50. The van der Waals surface area contributed by atoms with Crippen molar-refractivity contribution < 1.29 is 9.53 Å². The first-order valence-electron chi connectivity index (χ1n) is 12.9. The summed E-state index contributed by atoms with van der Waals surface area (Å²) in [5.74, 6) is 0.513. The second-order valence-electron chi connectivity index (χ2n) is 10.2. The van der Waals surface area contributed by atoms with Gasteiger partial charge in [-0.3, -0.25) is 9.36 Å². The summed E-state index contributed by atoms with van der Waals surface area (Å²) in [4.78, 5) is 37.4. The quantitative estimate of drug-likeness (QED) is 0.570. The van der Waals surface area contributed by atoms with E-state index in [1.807, 2.05) is 46.7 Å². The molecule has 4 heterocycles. The maximum atomic E-state index is 13.8. The zero-order valence-electron chi connectivity index (χ0n) is 20.6. The molecule has 2 N–H and O–H groups in total. The number of rotatable bonds is 5. The molecule has 0 radical (unpaired) electrons. The van der Waals surface area contributed by atoms with E-state index in [0.717, 1.165) is 48.6 Å². The van der Waals surface area contributed by atoms with E-state index in [-0.39, 0.29) is 23.7 Å². The van der Waals surface area contributed by atoms with Gasteiger partial charge in [0.25, 0.3) is 5.56 Å². The van der Waals surface area contributed by atoms with Gasteiger partial charge >= 0.3 is 6.03 Å². The molecule has 3 fully saturated rings. The van der Waals surface area contributed by atoms with Crippen LogP contribution in [0.5, 0.6) is 0 Å². The molecule has 3 aliphatic rings. The molecule has 1 aliphatic carbocycles. The van der Waals surface area contributed by atoms with Crippen LogP contribution in [-0.4, -0.2) is 63.9 Å². The molecule has 9 nitrogen and oxygen atoms in total. The molecule has 9 heteroatoms. The molecule has 2 aliphatic heterocycles. The van der Waals surface area contributed by atoms with E-state index in [0.29, 0.717) is 49.5 Å². The lowest BCUT2D eigenvalue weighted by Crippen LogP contribution is -2.47. The van der Waals surface area contributed by atoms with Crippen LogP contribution in [0, 0.1) is 6.92 Å². The zero-order chi connectivity index (χ0) is 24.6. The Morgan fingerprint density at radius 1 is 1.06 bits per heavy atom. The number of ether oxygens (including phenoxy) is 1. The van der Waals surface area contributed by atoms with Crippen LogP contribution in [0.4, 0.5) is 10.7 Å². The van der Waals surface area contributed by atoms with Crippen molar-refractivity contribution in [3.05, 3.63) is 52.4 Å². The summed E-state index contributed by atoms with van der Waals surface area (Å²) in [5, 5.41) is 7.35. The van der Waals surface area contributed by atoms with Crippen LogP contribution in [0.3, 0.4) is 0 Å². The molecule has 6 rings (SSSR count). The summed E-state index contributed by atoms with van der Waals surface area (Å²) in [6.07, 6.45) is 6.42. The molecule has 1 atom stereocenters. The van der Waals surface area contributed by atoms with Crippen molar-refractivity contribution in [2.75, 3.05) is 31.6 Å². The second kappa shape index (κ2) is 9.54. The number of fused-ring (bicyclic) bond motifs is 1. The number of nitrogens with one attached hydrogen (secondary N) is 2. The molecule has 36 heavy (non-hydrogen) atoms. The first-order chi connectivity index (χ1) is 17.6. The van der Waals surface area contributed by atoms with Crippen molar-refractivity contribution in [3.63, 3.8) is 0 Å². The van der Waals surface area contributed by atoms with E-state index in [1.54, 1.807) is 6.20 Å². The van der Waals surface area contributed by atoms with Crippen molar-refractivity contribution in [2.24, 2.45) is 0 Å². The molecule has 188 valence electrons. The minimum absolute atomic E-state index is 0.0464. The van der Waals surface area contributed by atoms with E-state index in [2.05, 4.69) is 15.6 Å². The molecule has 2 amide bonds. The number of benzene rings is 1. The molecule has 0 unspecified atom stereocenters. The van der Waals surface area contributed by atoms with Crippen molar-refractivity contribution in [1.29, 1.82) is 0 Å². The van der Waals surface area contributed by atoms with Gasteiger partial charge in [-0.05, 0) is 56.2 Å². The number of hydrogen-bond donors (Lipinski definition) is 2. The molecule has 2 aromatic heterocycles. The standard InChI is InChI=1S/C27H32N6O3/c1-17-4-2-3-5-22(17)23-14-18-15-28-26(31-24(18)33(25(23)34)21-10-13-36-16-21)29-20-8-11-32(12-9-20)27(35)30-19-6-7-19/h2-5,14-15,19-21H,6-13,16H2,1H3,(H,30,35)(H,28,29,31)/t21-/m0/s1. The topological polar surface area (TPSA) is 101 Å². The summed E-state index contributed by atoms with van der Waals surface area (Å²) in [6.45, 7) is 4.56. The van der Waals surface area contributed by atoms with Gasteiger partial charge in [-0.15, -0.1) is 0 Å². The van der Waals surface area contributed by atoms with Gasteiger partial charge in [0.05, 0.1) is 12.6 Å². The Bertz CT molecular complexity index is 1340. The van der Waals surface area contributed by atoms with Crippen LogP contribution < -0.4 is 16.2 Å². The van der Waals surface area contributed by atoms with Gasteiger partial charge in [0.15, 0.2) is 0 Å². The number of amides is 2. The Balaban J connectivity index is 1.28. The monoisotopic (exact) mass is 488 g/mol. The Kier molecular flexibility index (Phi) is 6.08. The van der Waals surface area contributed by atoms with Gasteiger partial charge in [0.2, 0.25) is 5.95 Å². The van der Waals surface area contributed by atoms with Gasteiger partial charge in [-0.1, -0.05) is 24.3 Å². The maximum absolute atomic E-state index is 13.8. The van der Waals surface area contributed by atoms with Gasteiger partial charge in [-0.2, -0.15) is 4.98 Å². The zero-order valence-corrected chi connectivity index (χ0v) is 20.6. The molecular weight excluding hydrogens is 456 g/mol. The first-order valence-corrected chi connectivity index (χ1v) is 12.9. The van der Waals surface area contributed by atoms with E-state index in [9.17, 15) is 9.59 Å². The number of nitrogens with zero attached hydrogens (tertiary/aromatic N) is 4. The number of likely N-dealkylation sites (tertiary alicyclic amines) is 1. The number of hydrogen-bond acceptors (Lipinski definition) is 6. The lowest BCUT2D eigenvalue weighted by Gasteiger charge is -2.32. The number of aryl methyl sites for hydroxylation is 1. The lowest BCUT2D eigenvalue weighted by atomic mass is 10.0. The highest BCUT2D eigenvalue weighted by atomic mass is 16.5. The summed E-state index contributed by atoms with van der Waals surface area (Å²) in [5.41, 5.74) is 3.23. The first kappa shape index (κ1) is 23.0. The molecule has 1 aromatic carbocycles. The molecule has 3 aromatic rings. The Hall–Kier alpha value is -3.46. The van der Waals surface area contributed by atoms with Crippen LogP contribution in [0.2, 0.25) is 0 Å². The van der Waals surface area contributed by atoms with Gasteiger partial charge in [-0.25, -0.2) is 9.78 Å². The van der Waals surface area contributed by atoms with E-state index in [1.165, 1.54) is 0 Å². The largest absolute Gasteiger partial charge is 0.379 e. The molecule has 2 saturated heterocycles. The van der Waals surface area contributed by atoms with E-state index >= 15 is 0 Å². The normalized spacial score (nSPS) is 20.6. The summed E-state index contributed by atoms with van der Waals surface area (Å²) in [6, 6.07) is 10.4. The fourth-order valence-corrected chi connectivity index (χ4v) is 5.23. The number of anilines is 1. The highest BCUT2D eigenvalue weighted by Gasteiger charge is 2.29. The highest BCUT2D eigenvalue weighted by molar-refractivity contribution is 5.82. The molecule has 0 spiro atoms. The fourth-order valence-electron chi connectivity index (χ4n) is 5.23. The highest BCUT2D eigenvalue weighted by Crippen LogP contribution is 2.28. The lowest BCUT2D eigenvalue weighted by molar-refractivity contribution is 0.183. The minimum atomic E-state index is -0.0556. The van der Waals surface area contributed by atoms with Gasteiger partial charge < -0.3 is 20.3 Å². The van der Waals surface area contributed by atoms with Gasteiger partial charge in [0.1, 0.15) is 5.65 Å². The molecule has 1 saturated carbocycles. The van der Waals surface area contributed by atoms with Crippen molar-refractivity contribution in [3.8, 4) is 11.1 Å². The maximum Gasteiger partial charge on any atom is 0.317 e. The number of carbonyl (C=O) groups excluding carboxylic acids is 1. The predicted octanol–water partition coefficient (Wildman–Crippen LogP) is 3.48. The SMILES string of the molecule is Cc1ccccc1-c1cc2cnc(NC3CCN(C(=O)NC4CC4)CC3)nc2n([C@H]2CCOC2)c1=O. The predicted molar refractivity (Wildman–Crippen MR) is 138 cm³/mol.